The molecular weight excluding hydrogens is 212 g/mol. The summed E-state index contributed by atoms with van der Waals surface area (Å²) < 4.78 is 0. The number of nitrogens with zero attached hydrogens (tertiary/aromatic N) is 1. The van der Waals surface area contributed by atoms with Gasteiger partial charge in [0.15, 0.2) is 0 Å². The highest BCUT2D eigenvalue weighted by Gasteiger charge is 2.23. The molecule has 1 atom stereocenters. The molecule has 0 saturated carbocycles. The predicted octanol–water partition coefficient (Wildman–Crippen LogP) is 1.35. The second-order valence-electron chi connectivity index (χ2n) is 4.63. The first-order chi connectivity index (χ1) is 8.22. The van der Waals surface area contributed by atoms with Crippen LogP contribution in [0.3, 0.4) is 0 Å². The summed E-state index contributed by atoms with van der Waals surface area (Å²) in [5, 5.41) is 0. The Morgan fingerprint density at radius 1 is 1.29 bits per heavy atom. The maximum Gasteiger partial charge on any atom is 0.234 e. The lowest BCUT2D eigenvalue weighted by molar-refractivity contribution is -0.123. The molecular formula is C14H20N2O. The molecule has 1 heterocycles. The van der Waals surface area contributed by atoms with Crippen molar-refractivity contribution < 1.29 is 4.79 Å². The Labute approximate surface area is 103 Å². The number of carbonyl (C=O) groups excluding carboxylic acids is 1. The molecule has 0 bridgehead atoms. The largest absolute Gasteiger partial charge is 0.368 e. The molecule has 1 aromatic rings. The summed E-state index contributed by atoms with van der Waals surface area (Å²) in [5.74, 6) is -0.196. The van der Waals surface area contributed by atoms with Crippen molar-refractivity contribution in [3.63, 3.8) is 0 Å². The third-order valence-electron chi connectivity index (χ3n) is 3.61. The molecule has 1 unspecified atom stereocenters. The molecule has 2 N–H and O–H groups in total. The first kappa shape index (κ1) is 12.1. The molecule has 0 radical (unpaired) electrons. The predicted molar refractivity (Wildman–Crippen MR) is 68.7 cm³/mol. The number of amides is 1. The van der Waals surface area contributed by atoms with E-state index in [9.17, 15) is 4.79 Å². The monoisotopic (exact) mass is 232 g/mol. The second kappa shape index (κ2) is 5.32. The van der Waals surface area contributed by atoms with Crippen LogP contribution >= 0.6 is 0 Å². The van der Waals surface area contributed by atoms with Crippen molar-refractivity contribution in [3.8, 4) is 0 Å². The van der Waals surface area contributed by atoms with E-state index in [2.05, 4.69) is 29.2 Å². The van der Waals surface area contributed by atoms with Gasteiger partial charge < -0.3 is 5.73 Å². The Morgan fingerprint density at radius 3 is 2.24 bits per heavy atom. The van der Waals surface area contributed by atoms with Crippen molar-refractivity contribution in [1.82, 2.24) is 4.90 Å². The summed E-state index contributed by atoms with van der Waals surface area (Å²) in [6.45, 7) is 3.88. The van der Waals surface area contributed by atoms with Crippen LogP contribution in [-0.4, -0.2) is 29.9 Å². The quantitative estimate of drug-likeness (QED) is 0.855. The van der Waals surface area contributed by atoms with Crippen molar-refractivity contribution >= 4 is 5.91 Å². The highest BCUT2D eigenvalue weighted by molar-refractivity contribution is 5.79. The average Bonchev–Trinajstić information content (AvgIpc) is 2.53. The third-order valence-corrected chi connectivity index (χ3v) is 3.61. The van der Waals surface area contributed by atoms with E-state index in [1.54, 1.807) is 0 Å². The number of primary amides is 1. The van der Waals surface area contributed by atoms with Gasteiger partial charge in [0, 0.05) is 13.1 Å². The highest BCUT2D eigenvalue weighted by Crippen LogP contribution is 2.17. The van der Waals surface area contributed by atoms with E-state index in [0.717, 1.165) is 32.4 Å². The van der Waals surface area contributed by atoms with E-state index in [1.165, 1.54) is 11.1 Å². The van der Waals surface area contributed by atoms with Gasteiger partial charge in [0.25, 0.3) is 0 Å². The molecule has 92 valence electrons. The lowest BCUT2D eigenvalue weighted by Crippen LogP contribution is -2.45. The molecule has 0 spiro atoms. The van der Waals surface area contributed by atoms with Crippen LogP contribution in [0.1, 0.15) is 24.5 Å². The fraction of sp³-hybridized carbons (Fsp3) is 0.500. The molecule has 1 amide bonds. The summed E-state index contributed by atoms with van der Waals surface area (Å²) in [6, 6.07) is 8.43. The van der Waals surface area contributed by atoms with Gasteiger partial charge in [-0.05, 0) is 30.4 Å². The average molecular weight is 232 g/mol. The van der Waals surface area contributed by atoms with Crippen LogP contribution in [-0.2, 0) is 17.6 Å². The molecule has 0 fully saturated rings. The summed E-state index contributed by atoms with van der Waals surface area (Å²) in [6.07, 6.45) is 2.82. The van der Waals surface area contributed by atoms with Crippen LogP contribution in [0, 0.1) is 0 Å². The van der Waals surface area contributed by atoms with E-state index < -0.39 is 0 Å². The molecule has 1 aromatic carbocycles. The molecule has 0 saturated heterocycles. The Hall–Kier alpha value is -1.35. The SMILES string of the molecule is CCC(C(N)=O)N1CCc2ccccc2CC1. The Balaban J connectivity index is 2.11. The first-order valence-corrected chi connectivity index (χ1v) is 6.32. The normalized spacial score (nSPS) is 18.2. The van der Waals surface area contributed by atoms with E-state index in [1.807, 2.05) is 6.92 Å². The van der Waals surface area contributed by atoms with E-state index in [-0.39, 0.29) is 11.9 Å². The van der Waals surface area contributed by atoms with Gasteiger partial charge in [-0.1, -0.05) is 31.2 Å². The van der Waals surface area contributed by atoms with Gasteiger partial charge in [0.05, 0.1) is 6.04 Å². The summed E-state index contributed by atoms with van der Waals surface area (Å²) in [7, 11) is 0. The van der Waals surface area contributed by atoms with Gasteiger partial charge in [-0.2, -0.15) is 0 Å². The van der Waals surface area contributed by atoms with E-state index >= 15 is 0 Å². The minimum atomic E-state index is -0.196. The van der Waals surface area contributed by atoms with Crippen LogP contribution in [0.4, 0.5) is 0 Å². The number of carbonyl (C=O) groups is 1. The topological polar surface area (TPSA) is 46.3 Å². The minimum absolute atomic E-state index is 0.107. The zero-order chi connectivity index (χ0) is 12.3. The molecule has 2 rings (SSSR count). The van der Waals surface area contributed by atoms with Crippen molar-refractivity contribution in [2.75, 3.05) is 13.1 Å². The summed E-state index contributed by atoms with van der Waals surface area (Å²) in [4.78, 5) is 13.6. The summed E-state index contributed by atoms with van der Waals surface area (Å²) in [5.41, 5.74) is 8.28. The fourth-order valence-corrected chi connectivity index (χ4v) is 2.64. The van der Waals surface area contributed by atoms with E-state index in [0.29, 0.717) is 0 Å². The Kier molecular flexibility index (Phi) is 3.79. The van der Waals surface area contributed by atoms with Crippen LogP contribution in [0.15, 0.2) is 24.3 Å². The van der Waals surface area contributed by atoms with Crippen molar-refractivity contribution in [2.45, 2.75) is 32.2 Å². The van der Waals surface area contributed by atoms with Gasteiger partial charge >= 0.3 is 0 Å². The summed E-state index contributed by atoms with van der Waals surface area (Å²) >= 11 is 0. The van der Waals surface area contributed by atoms with Gasteiger partial charge in [0.2, 0.25) is 5.91 Å². The molecule has 1 aliphatic rings. The van der Waals surface area contributed by atoms with Crippen LogP contribution < -0.4 is 5.73 Å². The number of fused-ring (bicyclic) bond motifs is 1. The number of nitrogens with two attached hydrogens (primary N) is 1. The maximum absolute atomic E-state index is 11.4. The molecule has 0 aliphatic carbocycles. The van der Waals surface area contributed by atoms with Crippen molar-refractivity contribution in [3.05, 3.63) is 35.4 Å². The third kappa shape index (κ3) is 2.67. The molecule has 3 heteroatoms. The number of rotatable bonds is 3. The number of hydrogen-bond donors (Lipinski definition) is 1. The highest BCUT2D eigenvalue weighted by atomic mass is 16.1. The number of hydrogen-bond acceptors (Lipinski definition) is 2. The van der Waals surface area contributed by atoms with E-state index in [4.69, 9.17) is 5.73 Å². The Bertz CT molecular complexity index is 376. The smallest absolute Gasteiger partial charge is 0.234 e. The lowest BCUT2D eigenvalue weighted by Gasteiger charge is -2.27. The number of benzene rings is 1. The standard InChI is InChI=1S/C14H20N2O/c1-2-13(14(15)17)16-9-7-11-5-3-4-6-12(11)8-10-16/h3-6,13H,2,7-10H2,1H3,(H2,15,17). The minimum Gasteiger partial charge on any atom is -0.368 e. The zero-order valence-corrected chi connectivity index (χ0v) is 10.4. The van der Waals surface area contributed by atoms with Crippen molar-refractivity contribution in [2.24, 2.45) is 5.73 Å². The molecule has 1 aliphatic heterocycles. The van der Waals surface area contributed by atoms with Gasteiger partial charge in [-0.25, -0.2) is 0 Å². The van der Waals surface area contributed by atoms with Gasteiger partial charge in [-0.15, -0.1) is 0 Å². The second-order valence-corrected chi connectivity index (χ2v) is 4.63. The maximum atomic E-state index is 11.4. The van der Waals surface area contributed by atoms with Crippen LogP contribution in [0.5, 0.6) is 0 Å². The van der Waals surface area contributed by atoms with Crippen LogP contribution in [0.2, 0.25) is 0 Å². The lowest BCUT2D eigenvalue weighted by atomic mass is 10.0. The van der Waals surface area contributed by atoms with Gasteiger partial charge in [-0.3, -0.25) is 9.69 Å². The molecule has 3 nitrogen and oxygen atoms in total. The Morgan fingerprint density at radius 2 is 1.82 bits per heavy atom. The first-order valence-electron chi connectivity index (χ1n) is 6.32. The van der Waals surface area contributed by atoms with Gasteiger partial charge in [0.1, 0.15) is 0 Å². The fourth-order valence-electron chi connectivity index (χ4n) is 2.64. The molecule has 17 heavy (non-hydrogen) atoms. The molecule has 0 aromatic heterocycles. The van der Waals surface area contributed by atoms with Crippen LogP contribution in [0.25, 0.3) is 0 Å². The zero-order valence-electron chi connectivity index (χ0n) is 10.4. The van der Waals surface area contributed by atoms with Crippen molar-refractivity contribution in [1.29, 1.82) is 0 Å².